The van der Waals surface area contributed by atoms with Crippen LogP contribution in [-0.2, 0) is 0 Å². The Labute approximate surface area is 97.8 Å². The van der Waals surface area contributed by atoms with Crippen molar-refractivity contribution in [1.29, 1.82) is 0 Å². The van der Waals surface area contributed by atoms with Crippen molar-refractivity contribution in [2.45, 2.75) is 11.9 Å². The molecule has 0 bridgehead atoms. The summed E-state index contributed by atoms with van der Waals surface area (Å²) in [6.45, 7) is 1.95. The van der Waals surface area contributed by atoms with Gasteiger partial charge in [0.25, 0.3) is 0 Å². The van der Waals surface area contributed by atoms with Crippen LogP contribution in [0.5, 0.6) is 0 Å². The third-order valence-electron chi connectivity index (χ3n) is 2.22. The highest BCUT2D eigenvalue weighted by Gasteiger charge is 2.09. The van der Waals surface area contributed by atoms with Crippen LogP contribution in [0, 0.1) is 6.92 Å². The molecule has 2 aromatic heterocycles. The Morgan fingerprint density at radius 3 is 2.81 bits per heavy atom. The molecule has 2 aromatic rings. The second-order valence-electron chi connectivity index (χ2n) is 3.36. The van der Waals surface area contributed by atoms with E-state index in [9.17, 15) is 0 Å². The molecule has 2 heterocycles. The molecule has 2 N–H and O–H groups in total. The molecule has 0 amide bonds. The lowest BCUT2D eigenvalue weighted by Crippen LogP contribution is -2.16. The monoisotopic (exact) mass is 235 g/mol. The molecule has 16 heavy (non-hydrogen) atoms. The van der Waals surface area contributed by atoms with Gasteiger partial charge in [0.2, 0.25) is 0 Å². The number of aromatic nitrogens is 3. The third kappa shape index (κ3) is 1.76. The van der Waals surface area contributed by atoms with Gasteiger partial charge in [0.05, 0.1) is 5.69 Å². The summed E-state index contributed by atoms with van der Waals surface area (Å²) >= 11 is 1.55. The molecule has 0 saturated heterocycles. The summed E-state index contributed by atoms with van der Waals surface area (Å²) in [6, 6.07) is 0. The van der Waals surface area contributed by atoms with Crippen molar-refractivity contribution >= 4 is 23.2 Å². The fourth-order valence-corrected chi connectivity index (χ4v) is 1.99. The van der Waals surface area contributed by atoms with Crippen LogP contribution in [0.1, 0.15) is 11.4 Å². The predicted octanol–water partition coefficient (Wildman–Crippen LogP) is 1.09. The highest BCUT2D eigenvalue weighted by atomic mass is 32.2. The largest absolute Gasteiger partial charge is 0.382 e. The maximum atomic E-state index is 5.76. The Bertz CT molecular complexity index is 558. The van der Waals surface area contributed by atoms with Crippen LogP contribution in [0.15, 0.2) is 22.4 Å². The van der Waals surface area contributed by atoms with Gasteiger partial charge in [-0.3, -0.25) is 4.99 Å². The minimum absolute atomic E-state index is 0.434. The van der Waals surface area contributed by atoms with Gasteiger partial charge in [-0.05, 0) is 13.2 Å². The van der Waals surface area contributed by atoms with Crippen LogP contribution in [0.2, 0.25) is 0 Å². The summed E-state index contributed by atoms with van der Waals surface area (Å²) in [7, 11) is 1.65. The first kappa shape index (κ1) is 10.9. The van der Waals surface area contributed by atoms with Gasteiger partial charge in [-0.25, -0.2) is 9.97 Å². The quantitative estimate of drug-likeness (QED) is 0.481. The third-order valence-corrected chi connectivity index (χ3v) is 2.88. The number of aliphatic imine (C=N–C) groups is 1. The molecular weight excluding hydrogens is 222 g/mol. The lowest BCUT2D eigenvalue weighted by Gasteiger charge is -2.04. The molecule has 0 fully saturated rings. The van der Waals surface area contributed by atoms with E-state index >= 15 is 0 Å². The summed E-state index contributed by atoms with van der Waals surface area (Å²) in [5.41, 5.74) is 8.26. The highest BCUT2D eigenvalue weighted by Crippen LogP contribution is 2.19. The van der Waals surface area contributed by atoms with Crippen LogP contribution in [0.25, 0.3) is 5.65 Å². The Hall–Kier alpha value is -1.56. The first-order valence-electron chi connectivity index (χ1n) is 4.78. The van der Waals surface area contributed by atoms with E-state index in [1.807, 2.05) is 30.0 Å². The summed E-state index contributed by atoms with van der Waals surface area (Å²) in [6.07, 6.45) is 5.76. The Morgan fingerprint density at radius 2 is 2.19 bits per heavy atom. The smallest absolute Gasteiger partial charge is 0.169 e. The van der Waals surface area contributed by atoms with Crippen LogP contribution >= 0.6 is 11.8 Å². The van der Waals surface area contributed by atoms with Crippen molar-refractivity contribution < 1.29 is 0 Å². The molecule has 6 heteroatoms. The number of nitrogens with two attached hydrogens (primary N) is 1. The number of hydrogen-bond acceptors (Lipinski definition) is 4. The van der Waals surface area contributed by atoms with Gasteiger partial charge >= 0.3 is 0 Å². The fourth-order valence-electron chi connectivity index (χ4n) is 1.47. The molecule has 0 unspecified atom stereocenters. The summed E-state index contributed by atoms with van der Waals surface area (Å²) in [4.78, 5) is 12.8. The molecule has 0 aliphatic carbocycles. The van der Waals surface area contributed by atoms with Crippen LogP contribution in [0.4, 0.5) is 0 Å². The van der Waals surface area contributed by atoms with Crippen molar-refractivity contribution in [1.82, 2.24) is 14.4 Å². The van der Waals surface area contributed by atoms with Gasteiger partial charge in [0.15, 0.2) is 5.65 Å². The van der Waals surface area contributed by atoms with Gasteiger partial charge < -0.3 is 10.1 Å². The molecule has 0 aliphatic rings. The summed E-state index contributed by atoms with van der Waals surface area (Å²) in [5, 5.41) is 0.859. The molecule has 0 aliphatic heterocycles. The molecule has 0 atom stereocenters. The number of imidazole rings is 1. The zero-order valence-corrected chi connectivity index (χ0v) is 10.2. The lowest BCUT2D eigenvalue weighted by molar-refractivity contribution is 1.02. The topological polar surface area (TPSA) is 68.6 Å². The van der Waals surface area contributed by atoms with E-state index < -0.39 is 0 Å². The van der Waals surface area contributed by atoms with Gasteiger partial charge in [-0.1, -0.05) is 0 Å². The van der Waals surface area contributed by atoms with Gasteiger partial charge in [-0.15, -0.1) is 11.8 Å². The Kier molecular flexibility index (Phi) is 2.82. The average molecular weight is 235 g/mol. The van der Waals surface area contributed by atoms with Gasteiger partial charge in [0.1, 0.15) is 16.6 Å². The first-order chi connectivity index (χ1) is 7.65. The summed E-state index contributed by atoms with van der Waals surface area (Å²) in [5.74, 6) is 0.434. The van der Waals surface area contributed by atoms with Crippen molar-refractivity contribution in [2.24, 2.45) is 10.7 Å². The minimum Gasteiger partial charge on any atom is -0.382 e. The molecule has 5 nitrogen and oxygen atoms in total. The molecule has 2 rings (SSSR count). The average Bonchev–Trinajstić information content (AvgIpc) is 2.66. The molecule has 0 aromatic carbocycles. The van der Waals surface area contributed by atoms with Gasteiger partial charge in [-0.2, -0.15) is 0 Å². The number of nitrogens with zero attached hydrogens (tertiary/aromatic N) is 4. The van der Waals surface area contributed by atoms with E-state index in [4.69, 9.17) is 5.73 Å². The zero-order chi connectivity index (χ0) is 11.7. The molecule has 0 radical (unpaired) electrons. The highest BCUT2D eigenvalue weighted by molar-refractivity contribution is 7.98. The van der Waals surface area contributed by atoms with E-state index in [1.54, 1.807) is 18.8 Å². The number of rotatable bonds is 2. The predicted molar refractivity (Wildman–Crippen MR) is 66.2 cm³/mol. The lowest BCUT2D eigenvalue weighted by atomic mass is 10.4. The Balaban J connectivity index is 2.72. The zero-order valence-electron chi connectivity index (χ0n) is 9.43. The number of hydrogen-bond donors (Lipinski definition) is 1. The second kappa shape index (κ2) is 4.13. The van der Waals surface area contributed by atoms with Crippen LogP contribution in [0.3, 0.4) is 0 Å². The number of fused-ring (bicyclic) bond motifs is 1. The van der Waals surface area contributed by atoms with Crippen molar-refractivity contribution in [3.63, 3.8) is 0 Å². The standard InChI is InChI=1S/C10H13N5S/c1-6-4-15-5-7(8(11)12-2)14-10(16-3)9(15)13-6/h4-5H,1-3H3,(H2,11,12). The van der Waals surface area contributed by atoms with E-state index in [1.165, 1.54) is 0 Å². The summed E-state index contributed by atoms with van der Waals surface area (Å²) < 4.78 is 1.93. The Morgan fingerprint density at radius 1 is 1.44 bits per heavy atom. The van der Waals surface area contributed by atoms with E-state index in [0.717, 1.165) is 16.4 Å². The SMILES string of the molecule is CN=C(N)c1cn2cc(C)nc2c(SC)n1. The first-order valence-corrected chi connectivity index (χ1v) is 6.01. The second-order valence-corrected chi connectivity index (χ2v) is 4.15. The van der Waals surface area contributed by atoms with E-state index in [0.29, 0.717) is 11.5 Å². The van der Waals surface area contributed by atoms with Crippen molar-refractivity contribution in [3.8, 4) is 0 Å². The van der Waals surface area contributed by atoms with E-state index in [2.05, 4.69) is 15.0 Å². The molecule has 84 valence electrons. The minimum atomic E-state index is 0.434. The number of thioether (sulfide) groups is 1. The van der Waals surface area contributed by atoms with Crippen LogP contribution in [-0.4, -0.2) is 33.5 Å². The van der Waals surface area contributed by atoms with Crippen molar-refractivity contribution in [3.05, 3.63) is 23.8 Å². The molecule has 0 saturated carbocycles. The number of amidine groups is 1. The van der Waals surface area contributed by atoms with Crippen LogP contribution < -0.4 is 5.73 Å². The molecular formula is C10H13N5S. The normalized spacial score (nSPS) is 12.3. The van der Waals surface area contributed by atoms with Crippen molar-refractivity contribution in [2.75, 3.05) is 13.3 Å². The maximum absolute atomic E-state index is 5.76. The maximum Gasteiger partial charge on any atom is 0.169 e. The fraction of sp³-hybridized carbons (Fsp3) is 0.300. The van der Waals surface area contributed by atoms with E-state index in [-0.39, 0.29) is 0 Å². The number of aryl methyl sites for hydroxylation is 1. The van der Waals surface area contributed by atoms with Gasteiger partial charge in [0, 0.05) is 19.4 Å². The molecule has 0 spiro atoms.